The highest BCUT2D eigenvalue weighted by molar-refractivity contribution is 5.92. The lowest BCUT2D eigenvalue weighted by molar-refractivity contribution is -0.118. The minimum Gasteiger partial charge on any atom is -0.466 e. The molecular weight excluding hydrogens is 358 g/mol. The number of aromatic nitrogens is 6. The smallest absolute Gasteiger partial charge is 0.262 e. The lowest BCUT2D eigenvalue weighted by Gasteiger charge is -2.07. The highest BCUT2D eigenvalue weighted by Crippen LogP contribution is 2.27. The number of aromatic amines is 1. The average molecular weight is 377 g/mol. The van der Waals surface area contributed by atoms with Gasteiger partial charge in [-0.3, -0.25) is 9.89 Å². The van der Waals surface area contributed by atoms with Crippen LogP contribution in [-0.4, -0.2) is 42.5 Å². The molecule has 0 saturated carbocycles. The Kier molecular flexibility index (Phi) is 4.48. The van der Waals surface area contributed by atoms with Crippen molar-refractivity contribution >= 4 is 22.6 Å². The van der Waals surface area contributed by atoms with Gasteiger partial charge in [0.15, 0.2) is 18.1 Å². The number of H-pyrrole nitrogens is 1. The van der Waals surface area contributed by atoms with E-state index in [-0.39, 0.29) is 12.5 Å². The molecule has 3 heterocycles. The number of aryl methyl sites for hydroxylation is 3. The zero-order chi connectivity index (χ0) is 19.7. The summed E-state index contributed by atoms with van der Waals surface area (Å²) in [5.41, 5.74) is 4.19. The van der Waals surface area contributed by atoms with Crippen LogP contribution in [0.5, 0.6) is 5.88 Å². The quantitative estimate of drug-likeness (QED) is 0.552. The van der Waals surface area contributed by atoms with Gasteiger partial charge in [-0.05, 0) is 49.7 Å². The third-order valence-corrected chi connectivity index (χ3v) is 4.28. The number of nitrogens with zero attached hydrogens (tertiary/aromatic N) is 5. The first kappa shape index (κ1) is 17.7. The van der Waals surface area contributed by atoms with Crippen molar-refractivity contribution in [2.45, 2.75) is 13.8 Å². The van der Waals surface area contributed by atoms with Gasteiger partial charge in [0.25, 0.3) is 5.91 Å². The van der Waals surface area contributed by atoms with Crippen LogP contribution >= 0.6 is 0 Å². The lowest BCUT2D eigenvalue weighted by Crippen LogP contribution is -2.20. The fraction of sp³-hybridized carbons (Fsp3) is 0.211. The van der Waals surface area contributed by atoms with E-state index in [4.69, 9.17) is 4.74 Å². The maximum absolute atomic E-state index is 12.3. The molecule has 1 amide bonds. The highest BCUT2D eigenvalue weighted by atomic mass is 16.5. The number of pyridine rings is 1. The van der Waals surface area contributed by atoms with Gasteiger partial charge in [-0.15, -0.1) is 5.10 Å². The number of amides is 1. The Hall–Kier alpha value is -3.75. The summed E-state index contributed by atoms with van der Waals surface area (Å²) in [5, 5.41) is 14.6. The first-order valence-electron chi connectivity index (χ1n) is 8.70. The van der Waals surface area contributed by atoms with Gasteiger partial charge in [0, 0.05) is 24.0 Å². The molecule has 0 aliphatic rings. The number of hydrogen-bond donors (Lipinski definition) is 2. The van der Waals surface area contributed by atoms with Crippen LogP contribution in [0.25, 0.3) is 22.4 Å². The van der Waals surface area contributed by atoms with Crippen LogP contribution in [0, 0.1) is 13.8 Å². The van der Waals surface area contributed by atoms with Gasteiger partial charge >= 0.3 is 0 Å². The van der Waals surface area contributed by atoms with Gasteiger partial charge in [-0.2, -0.15) is 5.10 Å². The second kappa shape index (κ2) is 7.10. The van der Waals surface area contributed by atoms with Crippen LogP contribution in [0.3, 0.4) is 0 Å². The summed E-state index contributed by atoms with van der Waals surface area (Å²) in [7, 11) is 1.80. The van der Waals surface area contributed by atoms with E-state index in [1.807, 2.05) is 32.0 Å². The van der Waals surface area contributed by atoms with Gasteiger partial charge in [-0.25, -0.2) is 14.6 Å². The molecule has 28 heavy (non-hydrogen) atoms. The Morgan fingerprint density at radius 2 is 2.04 bits per heavy atom. The first-order valence-corrected chi connectivity index (χ1v) is 8.70. The maximum Gasteiger partial charge on any atom is 0.262 e. The number of hydrogen-bond acceptors (Lipinski definition) is 6. The molecule has 0 aliphatic carbocycles. The first-order chi connectivity index (χ1) is 13.5. The van der Waals surface area contributed by atoms with Crippen LogP contribution in [0.4, 0.5) is 5.69 Å². The number of benzene rings is 1. The van der Waals surface area contributed by atoms with E-state index in [0.29, 0.717) is 17.4 Å². The molecule has 142 valence electrons. The van der Waals surface area contributed by atoms with Crippen molar-refractivity contribution in [1.82, 2.24) is 29.9 Å². The normalized spacial score (nSPS) is 11.0. The summed E-state index contributed by atoms with van der Waals surface area (Å²) < 4.78 is 7.33. The Bertz CT molecular complexity index is 1130. The molecule has 2 N–H and O–H groups in total. The number of anilines is 1. The molecule has 1 aromatic carbocycles. The topological polar surface area (TPSA) is 111 Å². The Morgan fingerprint density at radius 3 is 2.75 bits per heavy atom. The van der Waals surface area contributed by atoms with Gasteiger partial charge in [0.05, 0.1) is 5.39 Å². The minimum absolute atomic E-state index is 0.150. The predicted molar refractivity (Wildman–Crippen MR) is 104 cm³/mol. The molecule has 0 bridgehead atoms. The third-order valence-electron chi connectivity index (χ3n) is 4.28. The molecular formula is C19H19N7O2. The molecule has 9 nitrogen and oxygen atoms in total. The van der Waals surface area contributed by atoms with E-state index in [1.54, 1.807) is 23.9 Å². The zero-order valence-electron chi connectivity index (χ0n) is 15.7. The van der Waals surface area contributed by atoms with Crippen molar-refractivity contribution in [3.8, 4) is 17.3 Å². The van der Waals surface area contributed by atoms with Crippen molar-refractivity contribution in [3.63, 3.8) is 0 Å². The largest absolute Gasteiger partial charge is 0.466 e. The third kappa shape index (κ3) is 3.41. The lowest BCUT2D eigenvalue weighted by atomic mass is 10.2. The summed E-state index contributed by atoms with van der Waals surface area (Å²) in [4.78, 5) is 20.8. The second-order valence-electron chi connectivity index (χ2n) is 6.46. The summed E-state index contributed by atoms with van der Waals surface area (Å²) in [5.74, 6) is 0.796. The van der Waals surface area contributed by atoms with Crippen molar-refractivity contribution < 1.29 is 9.53 Å². The Morgan fingerprint density at radius 1 is 1.25 bits per heavy atom. The van der Waals surface area contributed by atoms with E-state index in [0.717, 1.165) is 27.9 Å². The van der Waals surface area contributed by atoms with Crippen molar-refractivity contribution in [2.24, 2.45) is 7.05 Å². The second-order valence-corrected chi connectivity index (χ2v) is 6.46. The van der Waals surface area contributed by atoms with Gasteiger partial charge in [0.2, 0.25) is 5.88 Å². The molecule has 0 radical (unpaired) electrons. The molecule has 0 saturated heterocycles. The molecule has 9 heteroatoms. The Labute approximate surface area is 160 Å². The monoisotopic (exact) mass is 377 g/mol. The van der Waals surface area contributed by atoms with Crippen molar-refractivity contribution in [3.05, 3.63) is 47.9 Å². The number of nitrogens with one attached hydrogen (secondary N) is 2. The van der Waals surface area contributed by atoms with E-state index < -0.39 is 0 Å². The minimum atomic E-state index is -0.274. The van der Waals surface area contributed by atoms with E-state index >= 15 is 0 Å². The zero-order valence-corrected chi connectivity index (χ0v) is 15.7. The van der Waals surface area contributed by atoms with Crippen molar-refractivity contribution in [2.75, 3.05) is 11.9 Å². The molecule has 4 aromatic rings. The average Bonchev–Trinajstić information content (AvgIpc) is 3.30. The van der Waals surface area contributed by atoms with Crippen LogP contribution in [-0.2, 0) is 11.8 Å². The summed E-state index contributed by atoms with van der Waals surface area (Å²) in [6.07, 6.45) is 1.45. The predicted octanol–water partition coefficient (Wildman–Crippen LogP) is 2.39. The molecule has 0 unspecified atom stereocenters. The van der Waals surface area contributed by atoms with E-state index in [9.17, 15) is 4.79 Å². The number of ether oxygens (including phenoxy) is 1. The molecule has 0 spiro atoms. The number of carbonyl (C=O) groups excluding carboxylic acids is 1. The highest BCUT2D eigenvalue weighted by Gasteiger charge is 2.15. The number of carbonyl (C=O) groups is 1. The SMILES string of the molecule is Cc1cc(C)c2c(OCC(=O)Nc3ccc(-c4ncn[nH]4)cc3)nn(C)c2n1. The van der Waals surface area contributed by atoms with Crippen molar-refractivity contribution in [1.29, 1.82) is 0 Å². The van der Waals surface area contributed by atoms with Crippen LogP contribution in [0.2, 0.25) is 0 Å². The van der Waals surface area contributed by atoms with Crippen LogP contribution in [0.1, 0.15) is 11.3 Å². The number of rotatable bonds is 5. The van der Waals surface area contributed by atoms with Crippen LogP contribution < -0.4 is 10.1 Å². The molecule has 0 aliphatic heterocycles. The standard InChI is InChI=1S/C19H19N7O2/c1-11-8-12(2)22-18-16(11)19(25-26(18)3)28-9-15(27)23-14-6-4-13(5-7-14)17-20-10-21-24-17/h4-8,10H,9H2,1-3H3,(H,23,27)(H,20,21,24). The summed E-state index contributed by atoms with van der Waals surface area (Å²) >= 11 is 0. The molecule has 0 atom stereocenters. The fourth-order valence-electron chi connectivity index (χ4n) is 3.04. The number of fused-ring (bicyclic) bond motifs is 1. The van der Waals surface area contributed by atoms with E-state index in [2.05, 4.69) is 30.6 Å². The Balaban J connectivity index is 1.43. The van der Waals surface area contributed by atoms with Crippen LogP contribution in [0.15, 0.2) is 36.7 Å². The maximum atomic E-state index is 12.3. The van der Waals surface area contributed by atoms with Gasteiger partial charge < -0.3 is 10.1 Å². The molecule has 4 rings (SSSR count). The fourth-order valence-corrected chi connectivity index (χ4v) is 3.04. The van der Waals surface area contributed by atoms with E-state index in [1.165, 1.54) is 6.33 Å². The summed E-state index contributed by atoms with van der Waals surface area (Å²) in [6, 6.07) is 9.25. The molecule has 0 fully saturated rings. The van der Waals surface area contributed by atoms with Gasteiger partial charge in [0.1, 0.15) is 6.33 Å². The summed E-state index contributed by atoms with van der Waals surface area (Å²) in [6.45, 7) is 3.76. The molecule has 3 aromatic heterocycles. The van der Waals surface area contributed by atoms with Gasteiger partial charge in [-0.1, -0.05) is 0 Å².